The molecule has 0 saturated carbocycles. The Morgan fingerprint density at radius 3 is 0.721 bits per heavy atom. The van der Waals surface area contributed by atoms with Crippen LogP contribution in [0.2, 0.25) is 0 Å². The quantitative estimate of drug-likeness (QED) is 0.0436. The molecule has 0 fully saturated rings. The maximum absolute atomic E-state index is 11.5. The van der Waals surface area contributed by atoms with E-state index in [-0.39, 0.29) is 104 Å². The Kier molecular flexibility index (Phi) is 28.8. The molecule has 8 aromatic rings. The van der Waals surface area contributed by atoms with Crippen LogP contribution in [0.3, 0.4) is 0 Å². The van der Waals surface area contributed by atoms with Crippen LogP contribution in [0.15, 0.2) is 170 Å². The molecule has 0 aliphatic carbocycles. The van der Waals surface area contributed by atoms with Gasteiger partial charge in [-0.1, -0.05) is 107 Å². The molecule has 0 heterocycles. The van der Waals surface area contributed by atoms with E-state index in [1.165, 1.54) is 89.1 Å². The van der Waals surface area contributed by atoms with Gasteiger partial charge >= 0.3 is 71.1 Å². The summed E-state index contributed by atoms with van der Waals surface area (Å²) in [6, 6.07) is 46.0. The second kappa shape index (κ2) is 34.7. The molecule has 6 N–H and O–H groups in total. The number of carbonyl (C=O) groups excluding carboxylic acids is 2. The summed E-state index contributed by atoms with van der Waals surface area (Å²) in [5.41, 5.74) is 9.57. The van der Waals surface area contributed by atoms with E-state index < -0.39 is 23.9 Å². The maximum atomic E-state index is 11.5. The van der Waals surface area contributed by atoms with Gasteiger partial charge in [-0.25, -0.2) is 9.59 Å². The topological polar surface area (TPSA) is 273 Å². The number of carbonyl (C=O) groups is 4. The van der Waals surface area contributed by atoms with Crippen LogP contribution >= 0.6 is 0 Å². The Balaban J connectivity index is 0.000000298. The molecule has 0 spiro atoms. The van der Waals surface area contributed by atoms with Gasteiger partial charge in [0.2, 0.25) is 0 Å². The summed E-state index contributed by atoms with van der Waals surface area (Å²) in [6.07, 6.45) is 6.23. The molecular formula is C68H62Na2O16. The van der Waals surface area contributed by atoms with E-state index in [0.717, 1.165) is 33.4 Å². The second-order valence-electron chi connectivity index (χ2n) is 18.7. The predicted molar refractivity (Wildman–Crippen MR) is 320 cm³/mol. The summed E-state index contributed by atoms with van der Waals surface area (Å²) < 4.78 is 20.7. The van der Waals surface area contributed by atoms with Crippen LogP contribution in [0.1, 0.15) is 66.8 Å². The standard InChI is InChI=1S/2C17H16O5.2C17H16O3.2Na/c2*1-21-14-7-11(8-15(10-14)22-2)9-16(17(19)20)12-3-5-13(18)6-4-12;2*1-11-7-12(2)9-13(8-11)10-16(17(19)20)14-3-5-15(18)6-4-14;;/h2*3-10,18H,1-2H3,(H,19,20);2*3-10,18H,1-2H3,(H,19,20);;/q;;;;2*+1/p-2/b16-9+;16-9-;16-10+;16-10-;;. The second-order valence-corrected chi connectivity index (χ2v) is 18.7. The fraction of sp³-hybridized carbons (Fsp3) is 0.118. The average Bonchev–Trinajstić information content (AvgIpc) is 2.50. The largest absolute Gasteiger partial charge is 1.00 e. The average molecular weight is 1180 g/mol. The molecule has 0 unspecified atom stereocenters. The minimum Gasteiger partial charge on any atom is -0.545 e. The van der Waals surface area contributed by atoms with Crippen molar-refractivity contribution in [3.8, 4) is 46.0 Å². The van der Waals surface area contributed by atoms with Gasteiger partial charge in [0.25, 0.3) is 0 Å². The van der Waals surface area contributed by atoms with E-state index in [2.05, 4.69) is 0 Å². The van der Waals surface area contributed by atoms with Crippen molar-refractivity contribution in [2.75, 3.05) is 28.4 Å². The number of aryl methyl sites for hydroxylation is 4. The molecule has 18 heteroatoms. The summed E-state index contributed by atoms with van der Waals surface area (Å²) in [6.45, 7) is 7.85. The van der Waals surface area contributed by atoms with Gasteiger partial charge in [0.05, 0.1) is 51.5 Å². The van der Waals surface area contributed by atoms with Crippen molar-refractivity contribution in [1.29, 1.82) is 0 Å². The summed E-state index contributed by atoms with van der Waals surface area (Å²) in [5, 5.41) is 78.6. The molecule has 8 aromatic carbocycles. The molecular weight excluding hydrogens is 1120 g/mol. The summed E-state index contributed by atoms with van der Waals surface area (Å²) in [5.74, 6) is -1.97. The zero-order valence-corrected chi connectivity index (χ0v) is 53.2. The number of carboxylic acids is 4. The number of benzene rings is 8. The number of aliphatic carboxylic acids is 4. The zero-order chi connectivity index (χ0) is 61.6. The molecule has 16 nitrogen and oxygen atoms in total. The van der Waals surface area contributed by atoms with Crippen molar-refractivity contribution in [3.05, 3.63) is 237 Å². The normalized spacial score (nSPS) is 11.0. The van der Waals surface area contributed by atoms with E-state index in [1.807, 2.05) is 64.1 Å². The third-order valence-corrected chi connectivity index (χ3v) is 12.1. The van der Waals surface area contributed by atoms with E-state index >= 15 is 0 Å². The number of phenolic OH excluding ortho intramolecular Hbond substituents is 4. The van der Waals surface area contributed by atoms with E-state index in [0.29, 0.717) is 56.4 Å². The van der Waals surface area contributed by atoms with Crippen LogP contribution in [0, 0.1) is 27.7 Å². The Morgan fingerprint density at radius 1 is 0.326 bits per heavy atom. The molecule has 0 atom stereocenters. The number of hydrogen-bond donors (Lipinski definition) is 6. The number of aromatic hydroxyl groups is 4. The third-order valence-electron chi connectivity index (χ3n) is 12.1. The zero-order valence-electron chi connectivity index (χ0n) is 49.2. The maximum Gasteiger partial charge on any atom is 1.00 e. The Hall–Kier alpha value is -9.00. The molecule has 0 bridgehead atoms. The number of phenols is 4. The Bertz CT molecular complexity index is 3400. The molecule has 0 saturated heterocycles. The molecule has 0 radical (unpaired) electrons. The van der Waals surface area contributed by atoms with Crippen molar-refractivity contribution in [1.82, 2.24) is 0 Å². The van der Waals surface area contributed by atoms with Gasteiger partial charge in [-0.15, -0.1) is 0 Å². The third kappa shape index (κ3) is 22.5. The monoisotopic (exact) mass is 1180 g/mol. The van der Waals surface area contributed by atoms with Crippen molar-refractivity contribution in [3.63, 3.8) is 0 Å². The SMILES string of the molecule is COc1cc(/C=C(/C(=O)O)c2ccc(O)cc2)cc(OC)c1.COc1cc(/C=C(\C(=O)O)c2ccc(O)cc2)cc(OC)c1.Cc1cc(C)cc(/C=C(/C(=O)[O-])c2ccc(O)cc2)c1.Cc1cc(C)cc(/C=C(\C(=O)[O-])c2ccc(O)cc2)c1.[Na+].[Na+]. The Morgan fingerprint density at radius 2 is 0.523 bits per heavy atom. The van der Waals surface area contributed by atoms with Crippen LogP contribution < -0.4 is 88.3 Å². The molecule has 86 heavy (non-hydrogen) atoms. The van der Waals surface area contributed by atoms with Gasteiger partial charge in [-0.2, -0.15) is 0 Å². The molecule has 0 amide bonds. The number of hydrogen-bond acceptors (Lipinski definition) is 14. The first-order valence-corrected chi connectivity index (χ1v) is 25.5. The predicted octanol–water partition coefficient (Wildman–Crippen LogP) is 4.68. The Labute approximate surface area is 543 Å². The first-order chi connectivity index (χ1) is 40.0. The van der Waals surface area contributed by atoms with Crippen LogP contribution in [0.25, 0.3) is 46.6 Å². The summed E-state index contributed by atoms with van der Waals surface area (Å²) in [4.78, 5) is 45.6. The van der Waals surface area contributed by atoms with Crippen LogP contribution in [-0.2, 0) is 19.2 Å². The molecule has 0 aliphatic rings. The summed E-state index contributed by atoms with van der Waals surface area (Å²) in [7, 11) is 6.11. The van der Waals surface area contributed by atoms with Gasteiger partial charge in [0.1, 0.15) is 46.0 Å². The molecule has 432 valence electrons. The number of rotatable bonds is 16. The van der Waals surface area contributed by atoms with Gasteiger partial charge in [0.15, 0.2) is 0 Å². The fourth-order valence-corrected chi connectivity index (χ4v) is 8.30. The molecule has 8 rings (SSSR count). The van der Waals surface area contributed by atoms with Crippen LogP contribution in [0.5, 0.6) is 46.0 Å². The van der Waals surface area contributed by atoms with Gasteiger partial charge in [-0.3, -0.25) is 0 Å². The van der Waals surface area contributed by atoms with E-state index in [4.69, 9.17) is 18.9 Å². The fourth-order valence-electron chi connectivity index (χ4n) is 8.30. The first kappa shape index (κ1) is 71.3. The van der Waals surface area contributed by atoms with Gasteiger partial charge in [-0.05, 0) is 169 Å². The molecule has 0 aromatic heterocycles. The van der Waals surface area contributed by atoms with Crippen molar-refractivity contribution in [2.45, 2.75) is 27.7 Å². The number of carboxylic acid groups (broad SMARTS) is 4. The van der Waals surface area contributed by atoms with Gasteiger partial charge < -0.3 is 69.4 Å². The minimum absolute atomic E-state index is 0. The van der Waals surface area contributed by atoms with Crippen LogP contribution in [0.4, 0.5) is 0 Å². The van der Waals surface area contributed by atoms with Crippen LogP contribution in [-0.4, -0.2) is 83.0 Å². The number of methoxy groups -OCH3 is 4. The van der Waals surface area contributed by atoms with E-state index in [1.54, 1.807) is 97.1 Å². The smallest absolute Gasteiger partial charge is 0.545 e. The molecule has 0 aliphatic heterocycles. The summed E-state index contributed by atoms with van der Waals surface area (Å²) >= 11 is 0. The minimum atomic E-state index is -1.24. The first-order valence-electron chi connectivity index (χ1n) is 25.5. The number of ether oxygens (including phenoxy) is 4. The van der Waals surface area contributed by atoms with E-state index in [9.17, 15) is 60.0 Å². The van der Waals surface area contributed by atoms with Crippen molar-refractivity contribution < 1.29 is 138 Å². The van der Waals surface area contributed by atoms with Crippen molar-refractivity contribution in [2.24, 2.45) is 0 Å². The van der Waals surface area contributed by atoms with Gasteiger partial charge in [0, 0.05) is 23.3 Å². The van der Waals surface area contributed by atoms with Crippen molar-refractivity contribution >= 4 is 70.5 Å².